The van der Waals surface area contributed by atoms with Crippen molar-refractivity contribution in [3.05, 3.63) is 0 Å². The number of carbonyl (C=O) groups excluding carboxylic acids is 1. The normalized spacial score (nSPS) is 12.4. The lowest BCUT2D eigenvalue weighted by Gasteiger charge is -2.09. The van der Waals surface area contributed by atoms with E-state index in [2.05, 4.69) is 12.2 Å². The third-order valence-electron chi connectivity index (χ3n) is 2.33. The molecule has 0 aliphatic heterocycles. The predicted molar refractivity (Wildman–Crippen MR) is 63.0 cm³/mol. The average Bonchev–Trinajstić information content (AvgIpc) is 2.26. The van der Waals surface area contributed by atoms with Crippen LogP contribution in [-0.2, 0) is 9.53 Å². The van der Waals surface area contributed by atoms with Crippen molar-refractivity contribution in [3.63, 3.8) is 0 Å². The molecular weight excluding hydrogens is 208 g/mol. The lowest BCUT2D eigenvalue weighted by Crippen LogP contribution is -2.27. The van der Waals surface area contributed by atoms with Crippen LogP contribution in [0, 0.1) is 5.92 Å². The smallest absolute Gasteiger partial charge is 0.220 e. The number of hydrogen-bond donors (Lipinski definition) is 3. The number of aliphatic hydroxyl groups is 1. The molecule has 1 amide bonds. The first kappa shape index (κ1) is 15.3. The number of rotatable bonds is 10. The lowest BCUT2D eigenvalue weighted by atomic mass is 10.0. The van der Waals surface area contributed by atoms with Crippen molar-refractivity contribution >= 4 is 5.91 Å². The molecule has 96 valence electrons. The van der Waals surface area contributed by atoms with Gasteiger partial charge in [0.05, 0.1) is 19.8 Å². The first-order valence-corrected chi connectivity index (χ1v) is 5.86. The molecule has 4 N–H and O–H groups in total. The number of aliphatic hydroxyl groups excluding tert-OH is 1. The van der Waals surface area contributed by atoms with Crippen LogP contribution < -0.4 is 11.1 Å². The second-order valence-corrected chi connectivity index (χ2v) is 3.91. The SMILES string of the molecule is CC(CCN)CCC(=O)NCCOCCO. The standard InChI is InChI=1S/C11H24N2O3/c1-10(4-5-12)2-3-11(15)13-6-8-16-9-7-14/h10,14H,2-9,12H2,1H3,(H,13,15). The number of amides is 1. The summed E-state index contributed by atoms with van der Waals surface area (Å²) in [6.45, 7) is 4.07. The van der Waals surface area contributed by atoms with Gasteiger partial charge in [0, 0.05) is 13.0 Å². The summed E-state index contributed by atoms with van der Waals surface area (Å²) in [5, 5.41) is 11.2. The Balaban J connectivity index is 3.30. The summed E-state index contributed by atoms with van der Waals surface area (Å²) < 4.78 is 5.02. The van der Waals surface area contributed by atoms with Gasteiger partial charge in [0.2, 0.25) is 5.91 Å². The fourth-order valence-corrected chi connectivity index (χ4v) is 1.32. The summed E-state index contributed by atoms with van der Waals surface area (Å²) in [7, 11) is 0. The zero-order valence-electron chi connectivity index (χ0n) is 10.1. The lowest BCUT2D eigenvalue weighted by molar-refractivity contribution is -0.121. The molecule has 0 heterocycles. The van der Waals surface area contributed by atoms with Crippen LogP contribution in [0.2, 0.25) is 0 Å². The summed E-state index contributed by atoms with van der Waals surface area (Å²) in [4.78, 5) is 11.3. The highest BCUT2D eigenvalue weighted by atomic mass is 16.5. The Kier molecular flexibility index (Phi) is 10.4. The van der Waals surface area contributed by atoms with Crippen LogP contribution in [-0.4, -0.2) is 43.9 Å². The van der Waals surface area contributed by atoms with E-state index >= 15 is 0 Å². The van der Waals surface area contributed by atoms with Crippen molar-refractivity contribution in [2.24, 2.45) is 11.7 Å². The molecule has 0 rings (SSSR count). The Morgan fingerprint density at radius 2 is 2.19 bits per heavy atom. The van der Waals surface area contributed by atoms with E-state index in [1.807, 2.05) is 0 Å². The molecule has 5 nitrogen and oxygen atoms in total. The largest absolute Gasteiger partial charge is 0.394 e. The van der Waals surface area contributed by atoms with E-state index in [4.69, 9.17) is 15.6 Å². The Bertz CT molecular complexity index is 177. The molecule has 16 heavy (non-hydrogen) atoms. The zero-order chi connectivity index (χ0) is 12.2. The van der Waals surface area contributed by atoms with Gasteiger partial charge >= 0.3 is 0 Å². The highest BCUT2D eigenvalue weighted by Gasteiger charge is 2.05. The van der Waals surface area contributed by atoms with Crippen LogP contribution in [0.15, 0.2) is 0 Å². The number of hydrogen-bond acceptors (Lipinski definition) is 4. The zero-order valence-corrected chi connectivity index (χ0v) is 10.1. The molecule has 0 aromatic rings. The maximum absolute atomic E-state index is 11.3. The van der Waals surface area contributed by atoms with Crippen molar-refractivity contribution in [2.45, 2.75) is 26.2 Å². The van der Waals surface area contributed by atoms with Crippen molar-refractivity contribution in [1.82, 2.24) is 5.32 Å². The van der Waals surface area contributed by atoms with E-state index in [1.54, 1.807) is 0 Å². The molecular formula is C11H24N2O3. The number of nitrogens with two attached hydrogens (primary N) is 1. The second-order valence-electron chi connectivity index (χ2n) is 3.91. The summed E-state index contributed by atoms with van der Waals surface area (Å²) in [5.74, 6) is 0.554. The fourth-order valence-electron chi connectivity index (χ4n) is 1.32. The van der Waals surface area contributed by atoms with Crippen LogP contribution in [0.5, 0.6) is 0 Å². The van der Waals surface area contributed by atoms with E-state index in [9.17, 15) is 4.79 Å². The molecule has 0 aliphatic rings. The highest BCUT2D eigenvalue weighted by molar-refractivity contribution is 5.75. The van der Waals surface area contributed by atoms with Gasteiger partial charge in [-0.1, -0.05) is 6.92 Å². The first-order chi connectivity index (χ1) is 7.70. The van der Waals surface area contributed by atoms with Crippen molar-refractivity contribution in [2.75, 3.05) is 32.9 Å². The van der Waals surface area contributed by atoms with E-state index < -0.39 is 0 Å². The maximum Gasteiger partial charge on any atom is 0.220 e. The summed E-state index contributed by atoms with van der Waals surface area (Å²) >= 11 is 0. The van der Waals surface area contributed by atoms with Gasteiger partial charge < -0.3 is 20.9 Å². The van der Waals surface area contributed by atoms with E-state index in [0.717, 1.165) is 12.8 Å². The maximum atomic E-state index is 11.3. The Morgan fingerprint density at radius 3 is 2.81 bits per heavy atom. The molecule has 0 aromatic carbocycles. The van der Waals surface area contributed by atoms with Crippen LogP contribution >= 0.6 is 0 Å². The van der Waals surface area contributed by atoms with Gasteiger partial charge in [-0.05, 0) is 25.3 Å². The minimum atomic E-state index is 0.0184. The first-order valence-electron chi connectivity index (χ1n) is 5.86. The van der Waals surface area contributed by atoms with Gasteiger partial charge in [-0.25, -0.2) is 0 Å². The topological polar surface area (TPSA) is 84.6 Å². The third kappa shape index (κ3) is 9.89. The average molecular weight is 232 g/mol. The molecule has 0 fully saturated rings. The quantitative estimate of drug-likeness (QED) is 0.458. The molecule has 5 heteroatoms. The Morgan fingerprint density at radius 1 is 1.44 bits per heavy atom. The van der Waals surface area contributed by atoms with Crippen molar-refractivity contribution < 1.29 is 14.6 Å². The predicted octanol–water partition coefficient (Wildman–Crippen LogP) is -0.123. The molecule has 0 radical (unpaired) electrons. The van der Waals surface area contributed by atoms with Gasteiger partial charge in [-0.2, -0.15) is 0 Å². The molecule has 1 atom stereocenters. The van der Waals surface area contributed by atoms with E-state index in [0.29, 0.717) is 38.6 Å². The van der Waals surface area contributed by atoms with Crippen LogP contribution in [0.25, 0.3) is 0 Å². The van der Waals surface area contributed by atoms with Crippen molar-refractivity contribution in [3.8, 4) is 0 Å². The monoisotopic (exact) mass is 232 g/mol. The third-order valence-corrected chi connectivity index (χ3v) is 2.33. The molecule has 0 spiro atoms. The summed E-state index contributed by atoms with van der Waals surface area (Å²) in [5.41, 5.74) is 5.43. The molecule has 1 unspecified atom stereocenters. The van der Waals surface area contributed by atoms with Crippen LogP contribution in [0.1, 0.15) is 26.2 Å². The highest BCUT2D eigenvalue weighted by Crippen LogP contribution is 2.08. The van der Waals surface area contributed by atoms with Crippen LogP contribution in [0.3, 0.4) is 0 Å². The van der Waals surface area contributed by atoms with E-state index in [-0.39, 0.29) is 12.5 Å². The fraction of sp³-hybridized carbons (Fsp3) is 0.909. The number of nitrogens with one attached hydrogen (secondary N) is 1. The van der Waals surface area contributed by atoms with Gasteiger partial charge in [0.1, 0.15) is 0 Å². The van der Waals surface area contributed by atoms with Gasteiger partial charge in [-0.15, -0.1) is 0 Å². The minimum absolute atomic E-state index is 0.0184. The van der Waals surface area contributed by atoms with Crippen LogP contribution in [0.4, 0.5) is 0 Å². The number of carbonyl (C=O) groups is 1. The van der Waals surface area contributed by atoms with Gasteiger partial charge in [0.15, 0.2) is 0 Å². The molecule has 0 bridgehead atoms. The minimum Gasteiger partial charge on any atom is -0.394 e. The van der Waals surface area contributed by atoms with Gasteiger partial charge in [-0.3, -0.25) is 4.79 Å². The van der Waals surface area contributed by atoms with Gasteiger partial charge in [0.25, 0.3) is 0 Å². The molecule has 0 aliphatic carbocycles. The Labute approximate surface area is 97.3 Å². The summed E-state index contributed by atoms with van der Waals surface area (Å²) in [6.07, 6.45) is 2.38. The summed E-state index contributed by atoms with van der Waals surface area (Å²) in [6, 6.07) is 0. The second kappa shape index (κ2) is 10.9. The number of ether oxygens (including phenoxy) is 1. The van der Waals surface area contributed by atoms with Crippen molar-refractivity contribution in [1.29, 1.82) is 0 Å². The molecule has 0 aromatic heterocycles. The molecule has 0 saturated carbocycles. The molecule has 0 saturated heterocycles. The van der Waals surface area contributed by atoms with E-state index in [1.165, 1.54) is 0 Å². The Hall–Kier alpha value is -0.650.